The van der Waals surface area contributed by atoms with Crippen LogP contribution in [0, 0.1) is 0 Å². The molecule has 0 fully saturated rings. The Hall–Kier alpha value is -2.98. The Morgan fingerprint density at radius 3 is 2.36 bits per heavy atom. The monoisotopic (exact) mass is 537 g/mol. The summed E-state index contributed by atoms with van der Waals surface area (Å²) in [5, 5.41) is 3.42. The zero-order chi connectivity index (χ0) is 26.5. The lowest BCUT2D eigenvalue weighted by atomic mass is 10.1. The summed E-state index contributed by atoms with van der Waals surface area (Å²) in [6.45, 7) is 5.78. The predicted octanol–water partition coefficient (Wildman–Crippen LogP) is 3.56. The zero-order valence-electron chi connectivity index (χ0n) is 20.9. The van der Waals surface area contributed by atoms with Gasteiger partial charge in [-0.05, 0) is 57.0 Å². The third-order valence-electron chi connectivity index (χ3n) is 5.66. The Labute approximate surface area is 217 Å². The van der Waals surface area contributed by atoms with Gasteiger partial charge in [-0.15, -0.1) is 0 Å². The van der Waals surface area contributed by atoms with Gasteiger partial charge >= 0.3 is 0 Å². The van der Waals surface area contributed by atoms with E-state index in [-0.39, 0.29) is 50.6 Å². The molecular formula is C25H32ClN3O6S. The summed E-state index contributed by atoms with van der Waals surface area (Å²) in [7, 11) is -3.61. The van der Waals surface area contributed by atoms with E-state index < -0.39 is 16.1 Å². The summed E-state index contributed by atoms with van der Waals surface area (Å²) < 4.78 is 36.9. The molecule has 36 heavy (non-hydrogen) atoms. The van der Waals surface area contributed by atoms with Gasteiger partial charge < -0.3 is 19.7 Å². The molecule has 1 aliphatic rings. The Morgan fingerprint density at radius 1 is 1.06 bits per heavy atom. The molecule has 3 rings (SSSR count). The summed E-state index contributed by atoms with van der Waals surface area (Å²) in [5.41, 5.74) is 1.26. The number of nitrogens with zero attached hydrogens (tertiary/aromatic N) is 2. The fourth-order valence-electron chi connectivity index (χ4n) is 3.82. The number of benzene rings is 2. The molecular weight excluding hydrogens is 506 g/mol. The van der Waals surface area contributed by atoms with E-state index in [2.05, 4.69) is 5.32 Å². The average Bonchev–Trinajstić information content (AvgIpc) is 3.27. The first-order valence-corrected chi connectivity index (χ1v) is 13.9. The van der Waals surface area contributed by atoms with Crippen LogP contribution in [-0.2, 0) is 26.2 Å². The predicted molar refractivity (Wildman–Crippen MR) is 139 cm³/mol. The smallest absolute Gasteiger partial charge is 0.242 e. The van der Waals surface area contributed by atoms with Gasteiger partial charge in [-0.1, -0.05) is 23.7 Å². The van der Waals surface area contributed by atoms with Gasteiger partial charge in [0.05, 0.1) is 11.9 Å². The van der Waals surface area contributed by atoms with Crippen LogP contribution in [-0.4, -0.2) is 56.8 Å². The highest BCUT2D eigenvalue weighted by molar-refractivity contribution is 7.92. The highest BCUT2D eigenvalue weighted by Crippen LogP contribution is 2.36. The second kappa shape index (κ2) is 11.8. The molecule has 1 unspecified atom stereocenters. The zero-order valence-corrected chi connectivity index (χ0v) is 22.4. The molecule has 2 amide bonds. The molecule has 11 heteroatoms. The molecule has 2 aromatic rings. The number of amides is 2. The second-order valence-electron chi connectivity index (χ2n) is 8.96. The number of sulfonamides is 1. The number of hydrogen-bond acceptors (Lipinski definition) is 6. The van der Waals surface area contributed by atoms with Gasteiger partial charge in [-0.3, -0.25) is 13.9 Å². The van der Waals surface area contributed by atoms with E-state index in [1.807, 2.05) is 13.8 Å². The summed E-state index contributed by atoms with van der Waals surface area (Å²) in [6, 6.07) is 11.2. The molecule has 0 aliphatic carbocycles. The number of carbonyl (C=O) groups is 2. The first-order chi connectivity index (χ1) is 17.0. The first kappa shape index (κ1) is 27.6. The number of carbonyl (C=O) groups excluding carboxylic acids is 2. The standard InChI is InChI=1S/C25H32ClN3O6S/c1-17(2)27-25(31)18(3)28(15-19-7-9-20(26)10-8-19)24(30)6-5-13-29(36(4,32)33)21-11-12-22-23(14-21)35-16-34-22/h7-12,14,17-18H,5-6,13,15-16H2,1-4H3,(H,27,31). The largest absolute Gasteiger partial charge is 0.454 e. The van der Waals surface area contributed by atoms with Crippen molar-refractivity contribution in [3.8, 4) is 11.5 Å². The molecule has 1 N–H and O–H groups in total. The van der Waals surface area contributed by atoms with Crippen molar-refractivity contribution in [3.05, 3.63) is 53.1 Å². The van der Waals surface area contributed by atoms with E-state index in [0.717, 1.165) is 11.8 Å². The molecule has 0 aromatic heterocycles. The van der Waals surface area contributed by atoms with Crippen LogP contribution >= 0.6 is 11.6 Å². The van der Waals surface area contributed by atoms with E-state index in [9.17, 15) is 18.0 Å². The van der Waals surface area contributed by atoms with Crippen LogP contribution < -0.4 is 19.1 Å². The van der Waals surface area contributed by atoms with Gasteiger partial charge in [-0.2, -0.15) is 0 Å². The minimum atomic E-state index is -3.61. The van der Waals surface area contributed by atoms with E-state index in [0.29, 0.717) is 22.2 Å². The van der Waals surface area contributed by atoms with Crippen LogP contribution in [0.3, 0.4) is 0 Å². The number of nitrogens with one attached hydrogen (secondary N) is 1. The third-order valence-corrected chi connectivity index (χ3v) is 7.11. The Kier molecular flexibility index (Phi) is 9.08. The van der Waals surface area contributed by atoms with Crippen molar-refractivity contribution in [2.75, 3.05) is 23.9 Å². The molecule has 0 saturated carbocycles. The van der Waals surface area contributed by atoms with E-state index in [4.69, 9.17) is 21.1 Å². The molecule has 0 radical (unpaired) electrons. The van der Waals surface area contributed by atoms with Crippen molar-refractivity contribution in [3.63, 3.8) is 0 Å². The molecule has 196 valence electrons. The van der Waals surface area contributed by atoms with Gasteiger partial charge in [0.1, 0.15) is 6.04 Å². The van der Waals surface area contributed by atoms with Gasteiger partial charge in [0.2, 0.25) is 28.6 Å². The van der Waals surface area contributed by atoms with Crippen LogP contribution in [0.4, 0.5) is 5.69 Å². The maximum Gasteiger partial charge on any atom is 0.242 e. The number of hydrogen-bond donors (Lipinski definition) is 1. The normalized spacial score (nSPS) is 13.4. The maximum absolute atomic E-state index is 13.3. The topological polar surface area (TPSA) is 105 Å². The molecule has 1 atom stereocenters. The van der Waals surface area contributed by atoms with Crippen LogP contribution in [0.25, 0.3) is 0 Å². The number of ether oxygens (including phenoxy) is 2. The second-order valence-corrected chi connectivity index (χ2v) is 11.3. The van der Waals surface area contributed by atoms with E-state index in [1.165, 1.54) is 9.21 Å². The maximum atomic E-state index is 13.3. The third kappa shape index (κ3) is 7.27. The van der Waals surface area contributed by atoms with E-state index >= 15 is 0 Å². The van der Waals surface area contributed by atoms with Crippen molar-refractivity contribution >= 4 is 39.1 Å². The van der Waals surface area contributed by atoms with Gasteiger partial charge in [0, 0.05) is 36.6 Å². The highest BCUT2D eigenvalue weighted by Gasteiger charge is 2.27. The van der Waals surface area contributed by atoms with Crippen molar-refractivity contribution in [1.29, 1.82) is 0 Å². The number of fused-ring (bicyclic) bond motifs is 1. The lowest BCUT2D eigenvalue weighted by molar-refractivity contribution is -0.140. The van der Waals surface area contributed by atoms with Crippen LogP contribution in [0.2, 0.25) is 5.02 Å². The minimum Gasteiger partial charge on any atom is -0.454 e. The summed E-state index contributed by atoms with van der Waals surface area (Å²) in [6.07, 6.45) is 1.43. The Bertz CT molecular complexity index is 1190. The van der Waals surface area contributed by atoms with Gasteiger partial charge in [-0.25, -0.2) is 8.42 Å². The molecule has 0 saturated heterocycles. The fourth-order valence-corrected chi connectivity index (χ4v) is 4.90. The van der Waals surface area contributed by atoms with Crippen molar-refractivity contribution < 1.29 is 27.5 Å². The lowest BCUT2D eigenvalue weighted by Gasteiger charge is -2.30. The molecule has 0 bridgehead atoms. The molecule has 1 aliphatic heterocycles. The fraction of sp³-hybridized carbons (Fsp3) is 0.440. The molecule has 0 spiro atoms. The van der Waals surface area contributed by atoms with Crippen molar-refractivity contribution in [2.45, 2.75) is 52.2 Å². The van der Waals surface area contributed by atoms with Crippen molar-refractivity contribution in [1.82, 2.24) is 10.2 Å². The first-order valence-electron chi connectivity index (χ1n) is 11.7. The van der Waals surface area contributed by atoms with Gasteiger partial charge in [0.15, 0.2) is 11.5 Å². The number of rotatable bonds is 11. The Morgan fingerprint density at radius 2 is 1.72 bits per heavy atom. The Balaban J connectivity index is 1.72. The average molecular weight is 538 g/mol. The van der Waals surface area contributed by atoms with Crippen LogP contribution in [0.15, 0.2) is 42.5 Å². The number of halogens is 1. The van der Waals surface area contributed by atoms with Crippen LogP contribution in [0.1, 0.15) is 39.2 Å². The molecule has 2 aromatic carbocycles. The minimum absolute atomic E-state index is 0.0590. The van der Waals surface area contributed by atoms with E-state index in [1.54, 1.807) is 49.4 Å². The van der Waals surface area contributed by atoms with Gasteiger partial charge in [0.25, 0.3) is 0 Å². The highest BCUT2D eigenvalue weighted by atomic mass is 35.5. The van der Waals surface area contributed by atoms with Crippen LogP contribution in [0.5, 0.6) is 11.5 Å². The summed E-state index contributed by atoms with van der Waals surface area (Å²) in [4.78, 5) is 27.5. The van der Waals surface area contributed by atoms with Crippen molar-refractivity contribution in [2.24, 2.45) is 0 Å². The molecule has 1 heterocycles. The quantitative estimate of drug-likeness (QED) is 0.470. The summed E-state index contributed by atoms with van der Waals surface area (Å²) in [5.74, 6) is 0.506. The molecule has 9 nitrogen and oxygen atoms in total. The lowest BCUT2D eigenvalue weighted by Crippen LogP contribution is -2.49. The SMILES string of the molecule is CC(C)NC(=O)C(C)N(Cc1ccc(Cl)cc1)C(=O)CCCN(c1ccc2c(c1)OCO2)S(C)(=O)=O. The summed E-state index contributed by atoms with van der Waals surface area (Å²) >= 11 is 5.98. The number of anilines is 1.